The fraction of sp³-hybridized carbons (Fsp3) is 0.176. The van der Waals surface area contributed by atoms with Gasteiger partial charge >= 0.3 is 6.03 Å². The Bertz CT molecular complexity index is 668. The normalized spacial score (nSPS) is 17.0. The van der Waals surface area contributed by atoms with Crippen molar-refractivity contribution in [3.05, 3.63) is 65.7 Å². The topological polar surface area (TPSA) is 67.4 Å². The predicted octanol–water partition coefficient (Wildman–Crippen LogP) is 2.02. The van der Waals surface area contributed by atoms with Crippen LogP contribution in [0.3, 0.4) is 0 Å². The van der Waals surface area contributed by atoms with Gasteiger partial charge in [0.05, 0.1) is 0 Å². The highest BCUT2D eigenvalue weighted by Crippen LogP contribution is 2.16. The van der Waals surface area contributed by atoms with E-state index in [4.69, 9.17) is 4.74 Å². The number of imide groups is 1. The first kappa shape index (κ1) is 14.1. The molecule has 1 aliphatic heterocycles. The van der Waals surface area contributed by atoms with Gasteiger partial charge in [-0.15, -0.1) is 0 Å². The second-order valence-corrected chi connectivity index (χ2v) is 5.14. The van der Waals surface area contributed by atoms with Crippen molar-refractivity contribution in [1.82, 2.24) is 10.6 Å². The van der Waals surface area contributed by atoms with Crippen molar-refractivity contribution in [3.63, 3.8) is 0 Å². The molecule has 112 valence electrons. The van der Waals surface area contributed by atoms with Crippen LogP contribution in [0.25, 0.3) is 0 Å². The van der Waals surface area contributed by atoms with Crippen molar-refractivity contribution in [2.75, 3.05) is 0 Å². The molecule has 0 bridgehead atoms. The molecule has 2 aromatic carbocycles. The molecule has 5 heteroatoms. The van der Waals surface area contributed by atoms with Gasteiger partial charge in [-0.05, 0) is 23.3 Å². The van der Waals surface area contributed by atoms with Gasteiger partial charge in [0.2, 0.25) is 0 Å². The van der Waals surface area contributed by atoms with Gasteiger partial charge in [-0.25, -0.2) is 4.79 Å². The molecule has 0 aromatic heterocycles. The lowest BCUT2D eigenvalue weighted by Crippen LogP contribution is -2.31. The molecule has 3 amide bonds. The predicted molar refractivity (Wildman–Crippen MR) is 81.4 cm³/mol. The van der Waals surface area contributed by atoms with E-state index in [0.29, 0.717) is 13.0 Å². The largest absolute Gasteiger partial charge is 0.489 e. The third kappa shape index (κ3) is 3.44. The smallest absolute Gasteiger partial charge is 0.322 e. The number of amides is 3. The van der Waals surface area contributed by atoms with Crippen molar-refractivity contribution in [2.45, 2.75) is 19.1 Å². The molecule has 1 unspecified atom stereocenters. The Labute approximate surface area is 128 Å². The van der Waals surface area contributed by atoms with E-state index in [1.54, 1.807) is 0 Å². The Hall–Kier alpha value is -2.82. The molecule has 22 heavy (non-hydrogen) atoms. The number of nitrogens with one attached hydrogen (secondary N) is 2. The lowest BCUT2D eigenvalue weighted by atomic mass is 10.1. The summed E-state index contributed by atoms with van der Waals surface area (Å²) in [6, 6.07) is 16.5. The molecular weight excluding hydrogens is 280 g/mol. The van der Waals surface area contributed by atoms with Gasteiger partial charge in [0.1, 0.15) is 18.4 Å². The first-order valence-corrected chi connectivity index (χ1v) is 7.08. The number of hydrogen-bond donors (Lipinski definition) is 2. The van der Waals surface area contributed by atoms with Crippen LogP contribution in [0.4, 0.5) is 4.79 Å². The lowest BCUT2D eigenvalue weighted by Gasteiger charge is -2.09. The van der Waals surface area contributed by atoms with Crippen molar-refractivity contribution in [1.29, 1.82) is 0 Å². The minimum Gasteiger partial charge on any atom is -0.489 e. The summed E-state index contributed by atoms with van der Waals surface area (Å²) in [7, 11) is 0. The van der Waals surface area contributed by atoms with Gasteiger partial charge < -0.3 is 10.1 Å². The van der Waals surface area contributed by atoms with Crippen LogP contribution in [0.5, 0.6) is 5.75 Å². The van der Waals surface area contributed by atoms with E-state index in [1.807, 2.05) is 54.6 Å². The third-order valence-electron chi connectivity index (χ3n) is 3.47. The quantitative estimate of drug-likeness (QED) is 0.829. The molecule has 1 aliphatic rings. The summed E-state index contributed by atoms with van der Waals surface area (Å²) in [5.41, 5.74) is 2.08. The minimum atomic E-state index is -0.497. The van der Waals surface area contributed by atoms with Crippen LogP contribution < -0.4 is 15.4 Å². The van der Waals surface area contributed by atoms with Crippen LogP contribution in [0, 0.1) is 0 Å². The molecule has 3 rings (SSSR count). The second-order valence-electron chi connectivity index (χ2n) is 5.14. The zero-order valence-electron chi connectivity index (χ0n) is 11.9. The zero-order valence-corrected chi connectivity index (χ0v) is 11.9. The highest BCUT2D eigenvalue weighted by atomic mass is 16.5. The van der Waals surface area contributed by atoms with E-state index in [-0.39, 0.29) is 5.91 Å². The first-order chi connectivity index (χ1) is 10.7. The number of carbonyl (C=O) groups excluding carboxylic acids is 2. The number of hydrogen-bond acceptors (Lipinski definition) is 3. The Morgan fingerprint density at radius 1 is 0.909 bits per heavy atom. The molecule has 1 fully saturated rings. The molecule has 0 saturated carbocycles. The summed E-state index contributed by atoms with van der Waals surface area (Å²) in [5, 5.41) is 4.81. The Kier molecular flexibility index (Phi) is 4.05. The molecular formula is C17H16N2O3. The Morgan fingerprint density at radius 2 is 1.64 bits per heavy atom. The number of rotatable bonds is 5. The maximum atomic E-state index is 11.5. The van der Waals surface area contributed by atoms with Crippen LogP contribution in [0.1, 0.15) is 11.1 Å². The van der Waals surface area contributed by atoms with E-state index >= 15 is 0 Å². The summed E-state index contributed by atoms with van der Waals surface area (Å²) < 4.78 is 5.71. The van der Waals surface area contributed by atoms with Crippen LogP contribution in [0.15, 0.2) is 54.6 Å². The van der Waals surface area contributed by atoms with Crippen LogP contribution in [-0.4, -0.2) is 18.0 Å². The lowest BCUT2D eigenvalue weighted by molar-refractivity contribution is -0.120. The van der Waals surface area contributed by atoms with Crippen LogP contribution >= 0.6 is 0 Å². The SMILES string of the molecule is O=C1NC(=O)C(Cc2ccc(OCc3ccccc3)cc2)N1. The molecule has 0 spiro atoms. The maximum Gasteiger partial charge on any atom is 0.322 e. The van der Waals surface area contributed by atoms with Crippen molar-refractivity contribution < 1.29 is 14.3 Å². The molecule has 2 aromatic rings. The fourth-order valence-electron chi connectivity index (χ4n) is 2.30. The van der Waals surface area contributed by atoms with E-state index in [0.717, 1.165) is 16.9 Å². The highest BCUT2D eigenvalue weighted by Gasteiger charge is 2.29. The molecule has 0 aliphatic carbocycles. The first-order valence-electron chi connectivity index (χ1n) is 7.08. The summed E-state index contributed by atoms with van der Waals surface area (Å²) in [6.07, 6.45) is 0.469. The number of carbonyl (C=O) groups is 2. The van der Waals surface area contributed by atoms with Gasteiger partial charge in [0.25, 0.3) is 5.91 Å². The van der Waals surface area contributed by atoms with Crippen molar-refractivity contribution >= 4 is 11.9 Å². The molecule has 1 heterocycles. The Morgan fingerprint density at radius 3 is 2.27 bits per heavy atom. The maximum absolute atomic E-state index is 11.5. The van der Waals surface area contributed by atoms with Crippen molar-refractivity contribution in [2.24, 2.45) is 0 Å². The zero-order chi connectivity index (χ0) is 15.4. The van der Waals surface area contributed by atoms with Crippen LogP contribution in [-0.2, 0) is 17.8 Å². The van der Waals surface area contributed by atoms with E-state index in [1.165, 1.54) is 0 Å². The number of ether oxygens (including phenoxy) is 1. The van der Waals surface area contributed by atoms with Gasteiger partial charge in [-0.2, -0.15) is 0 Å². The molecule has 1 saturated heterocycles. The van der Waals surface area contributed by atoms with Gasteiger partial charge in [0, 0.05) is 6.42 Å². The number of urea groups is 1. The van der Waals surface area contributed by atoms with E-state index in [2.05, 4.69) is 10.6 Å². The molecule has 0 radical (unpaired) electrons. The summed E-state index contributed by atoms with van der Waals surface area (Å²) in [6.45, 7) is 0.515. The monoisotopic (exact) mass is 296 g/mol. The molecule has 5 nitrogen and oxygen atoms in total. The molecule has 2 N–H and O–H groups in total. The summed E-state index contributed by atoms with van der Waals surface area (Å²) >= 11 is 0. The standard InChI is InChI=1S/C17H16N2O3/c20-16-15(18-17(21)19-16)10-12-6-8-14(9-7-12)22-11-13-4-2-1-3-5-13/h1-9,15H,10-11H2,(H2,18,19,20,21). The van der Waals surface area contributed by atoms with Crippen molar-refractivity contribution in [3.8, 4) is 5.75 Å². The average molecular weight is 296 g/mol. The molecule has 1 atom stereocenters. The third-order valence-corrected chi connectivity index (χ3v) is 3.47. The van der Waals surface area contributed by atoms with Gasteiger partial charge in [-0.1, -0.05) is 42.5 Å². The fourth-order valence-corrected chi connectivity index (χ4v) is 2.30. The van der Waals surface area contributed by atoms with E-state index in [9.17, 15) is 9.59 Å². The summed E-state index contributed by atoms with van der Waals surface area (Å²) in [5.74, 6) is 0.488. The highest BCUT2D eigenvalue weighted by molar-refractivity contribution is 6.04. The second kappa shape index (κ2) is 6.30. The van der Waals surface area contributed by atoms with E-state index < -0.39 is 12.1 Å². The number of benzene rings is 2. The van der Waals surface area contributed by atoms with Gasteiger partial charge in [0.15, 0.2) is 0 Å². The Balaban J connectivity index is 1.56. The summed E-state index contributed by atoms with van der Waals surface area (Å²) in [4.78, 5) is 22.6. The van der Waals surface area contributed by atoms with Crippen LogP contribution in [0.2, 0.25) is 0 Å². The van der Waals surface area contributed by atoms with Gasteiger partial charge in [-0.3, -0.25) is 10.1 Å². The minimum absolute atomic E-state index is 0.283. The average Bonchev–Trinajstić information content (AvgIpc) is 2.85.